The monoisotopic (exact) mass is 278 g/mol. The zero-order chi connectivity index (χ0) is 14.2. The molecule has 112 valence electrons. The van der Waals surface area contributed by atoms with E-state index in [0.29, 0.717) is 6.04 Å². The lowest BCUT2D eigenvalue weighted by atomic mass is 10.1. The molecule has 20 heavy (non-hydrogen) atoms. The highest BCUT2D eigenvalue weighted by Gasteiger charge is 2.12. The van der Waals surface area contributed by atoms with Gasteiger partial charge in [0.05, 0.1) is 7.11 Å². The summed E-state index contributed by atoms with van der Waals surface area (Å²) in [6.07, 6.45) is 2.28. The first kappa shape index (κ1) is 15.3. The highest BCUT2D eigenvalue weighted by Crippen LogP contribution is 2.13. The lowest BCUT2D eigenvalue weighted by Crippen LogP contribution is -2.39. The van der Waals surface area contributed by atoms with Gasteiger partial charge in [0.25, 0.3) is 0 Å². The standard InChI is InChI=1S/C16H26N2O2/c1-18(9-8-17-15-6-10-20-11-7-15)13-14-4-3-5-16(12-14)19-2/h3-5,12,15,17H,6-11,13H2,1-2H3. The molecule has 0 aromatic heterocycles. The number of likely N-dealkylation sites (N-methyl/N-ethyl adjacent to an activating group) is 1. The summed E-state index contributed by atoms with van der Waals surface area (Å²) in [5.41, 5.74) is 1.29. The van der Waals surface area contributed by atoms with Gasteiger partial charge in [-0.2, -0.15) is 0 Å². The minimum absolute atomic E-state index is 0.633. The fourth-order valence-electron chi connectivity index (χ4n) is 2.52. The molecule has 1 N–H and O–H groups in total. The van der Waals surface area contributed by atoms with Crippen molar-refractivity contribution in [2.75, 3.05) is 40.5 Å². The van der Waals surface area contributed by atoms with Crippen LogP contribution in [0.4, 0.5) is 0 Å². The number of hydrogen-bond acceptors (Lipinski definition) is 4. The Morgan fingerprint density at radius 3 is 2.90 bits per heavy atom. The van der Waals surface area contributed by atoms with E-state index in [2.05, 4.69) is 29.4 Å². The molecule has 1 saturated heterocycles. The van der Waals surface area contributed by atoms with Crippen LogP contribution >= 0.6 is 0 Å². The van der Waals surface area contributed by atoms with Gasteiger partial charge >= 0.3 is 0 Å². The average molecular weight is 278 g/mol. The second-order valence-corrected chi connectivity index (χ2v) is 5.43. The van der Waals surface area contributed by atoms with Gasteiger partial charge in [-0.25, -0.2) is 0 Å². The normalized spacial score (nSPS) is 16.6. The maximum absolute atomic E-state index is 5.37. The molecule has 0 atom stereocenters. The number of nitrogens with zero attached hydrogens (tertiary/aromatic N) is 1. The molecule has 0 bridgehead atoms. The summed E-state index contributed by atoms with van der Waals surface area (Å²) in [5.74, 6) is 0.927. The lowest BCUT2D eigenvalue weighted by molar-refractivity contribution is 0.0774. The number of methoxy groups -OCH3 is 1. The van der Waals surface area contributed by atoms with Gasteiger partial charge in [-0.15, -0.1) is 0 Å². The molecule has 1 aliphatic heterocycles. The Labute approximate surface area is 122 Å². The zero-order valence-electron chi connectivity index (χ0n) is 12.6. The quantitative estimate of drug-likeness (QED) is 0.826. The van der Waals surface area contributed by atoms with Crippen LogP contribution in [0.1, 0.15) is 18.4 Å². The van der Waals surface area contributed by atoms with Crippen molar-refractivity contribution < 1.29 is 9.47 Å². The van der Waals surface area contributed by atoms with E-state index >= 15 is 0 Å². The number of nitrogens with one attached hydrogen (secondary N) is 1. The summed E-state index contributed by atoms with van der Waals surface area (Å²) >= 11 is 0. The highest BCUT2D eigenvalue weighted by molar-refractivity contribution is 5.28. The van der Waals surface area contributed by atoms with Gasteiger partial charge in [-0.3, -0.25) is 0 Å². The number of ether oxygens (including phenoxy) is 2. The maximum atomic E-state index is 5.37. The molecular formula is C16H26N2O2. The molecule has 0 unspecified atom stereocenters. The molecule has 4 heteroatoms. The first-order chi connectivity index (χ1) is 9.78. The van der Waals surface area contributed by atoms with Crippen LogP contribution in [0.5, 0.6) is 5.75 Å². The minimum atomic E-state index is 0.633. The average Bonchev–Trinajstić information content (AvgIpc) is 2.48. The predicted molar refractivity (Wildman–Crippen MR) is 81.2 cm³/mol. The molecule has 2 rings (SSSR count). The third-order valence-electron chi connectivity index (χ3n) is 3.73. The molecule has 1 aromatic rings. The summed E-state index contributed by atoms with van der Waals surface area (Å²) < 4.78 is 10.6. The van der Waals surface area contributed by atoms with Crippen LogP contribution in [0.3, 0.4) is 0 Å². The summed E-state index contributed by atoms with van der Waals surface area (Å²) in [6, 6.07) is 8.90. The number of benzene rings is 1. The molecule has 4 nitrogen and oxygen atoms in total. The van der Waals surface area contributed by atoms with Crippen LogP contribution in [0.15, 0.2) is 24.3 Å². The summed E-state index contributed by atoms with van der Waals surface area (Å²) in [5, 5.41) is 3.61. The first-order valence-corrected chi connectivity index (χ1v) is 7.40. The fourth-order valence-corrected chi connectivity index (χ4v) is 2.52. The highest BCUT2D eigenvalue weighted by atomic mass is 16.5. The van der Waals surface area contributed by atoms with Crippen molar-refractivity contribution in [2.45, 2.75) is 25.4 Å². The minimum Gasteiger partial charge on any atom is -0.497 e. The van der Waals surface area contributed by atoms with E-state index < -0.39 is 0 Å². The van der Waals surface area contributed by atoms with Crippen LogP contribution in [-0.4, -0.2) is 51.4 Å². The molecule has 0 radical (unpaired) electrons. The Bertz CT molecular complexity index is 392. The van der Waals surface area contributed by atoms with Gasteiger partial charge < -0.3 is 19.7 Å². The van der Waals surface area contributed by atoms with E-state index in [1.54, 1.807) is 7.11 Å². The smallest absolute Gasteiger partial charge is 0.119 e. The van der Waals surface area contributed by atoms with Crippen LogP contribution in [-0.2, 0) is 11.3 Å². The Balaban J connectivity index is 1.67. The van der Waals surface area contributed by atoms with Gasteiger partial charge in [-0.05, 0) is 37.6 Å². The molecular weight excluding hydrogens is 252 g/mol. The second kappa shape index (κ2) is 8.25. The Hall–Kier alpha value is -1.10. The van der Waals surface area contributed by atoms with Crippen molar-refractivity contribution in [1.82, 2.24) is 10.2 Å². The van der Waals surface area contributed by atoms with Gasteiger partial charge in [0.15, 0.2) is 0 Å². The lowest BCUT2D eigenvalue weighted by Gasteiger charge is -2.24. The third kappa shape index (κ3) is 5.12. The fraction of sp³-hybridized carbons (Fsp3) is 0.625. The Morgan fingerprint density at radius 1 is 1.35 bits per heavy atom. The van der Waals surface area contributed by atoms with Gasteiger partial charge in [-0.1, -0.05) is 12.1 Å². The van der Waals surface area contributed by atoms with E-state index in [0.717, 1.165) is 51.4 Å². The van der Waals surface area contributed by atoms with Crippen molar-refractivity contribution >= 4 is 0 Å². The van der Waals surface area contributed by atoms with E-state index in [1.807, 2.05) is 12.1 Å². The summed E-state index contributed by atoms with van der Waals surface area (Å²) in [4.78, 5) is 2.33. The molecule has 0 amide bonds. The molecule has 1 heterocycles. The van der Waals surface area contributed by atoms with Crippen molar-refractivity contribution in [3.05, 3.63) is 29.8 Å². The third-order valence-corrected chi connectivity index (χ3v) is 3.73. The SMILES string of the molecule is COc1cccc(CN(C)CCNC2CCOCC2)c1. The van der Waals surface area contributed by atoms with Crippen molar-refractivity contribution in [3.63, 3.8) is 0 Å². The van der Waals surface area contributed by atoms with Crippen LogP contribution in [0, 0.1) is 0 Å². The van der Waals surface area contributed by atoms with Crippen molar-refractivity contribution in [1.29, 1.82) is 0 Å². The molecule has 1 aromatic carbocycles. The van der Waals surface area contributed by atoms with Gasteiger partial charge in [0, 0.05) is 38.9 Å². The molecule has 1 fully saturated rings. The maximum Gasteiger partial charge on any atom is 0.119 e. The second-order valence-electron chi connectivity index (χ2n) is 5.43. The summed E-state index contributed by atoms with van der Waals surface area (Å²) in [7, 11) is 3.87. The van der Waals surface area contributed by atoms with Crippen LogP contribution < -0.4 is 10.1 Å². The van der Waals surface area contributed by atoms with E-state index in [4.69, 9.17) is 9.47 Å². The van der Waals surface area contributed by atoms with Crippen molar-refractivity contribution in [3.8, 4) is 5.75 Å². The molecule has 0 saturated carbocycles. The largest absolute Gasteiger partial charge is 0.497 e. The number of rotatable bonds is 7. The Morgan fingerprint density at radius 2 is 2.15 bits per heavy atom. The van der Waals surface area contributed by atoms with E-state index in [9.17, 15) is 0 Å². The topological polar surface area (TPSA) is 33.7 Å². The Kier molecular flexibility index (Phi) is 6.30. The van der Waals surface area contributed by atoms with E-state index in [-0.39, 0.29) is 0 Å². The molecule has 1 aliphatic rings. The first-order valence-electron chi connectivity index (χ1n) is 7.40. The van der Waals surface area contributed by atoms with E-state index in [1.165, 1.54) is 5.56 Å². The summed E-state index contributed by atoms with van der Waals surface area (Å²) in [6.45, 7) is 4.83. The zero-order valence-corrected chi connectivity index (χ0v) is 12.6. The van der Waals surface area contributed by atoms with Crippen molar-refractivity contribution in [2.24, 2.45) is 0 Å². The molecule has 0 aliphatic carbocycles. The van der Waals surface area contributed by atoms with Crippen LogP contribution in [0.25, 0.3) is 0 Å². The van der Waals surface area contributed by atoms with Gasteiger partial charge in [0.2, 0.25) is 0 Å². The van der Waals surface area contributed by atoms with Crippen LogP contribution in [0.2, 0.25) is 0 Å². The number of hydrogen-bond donors (Lipinski definition) is 1. The molecule has 0 spiro atoms. The predicted octanol–water partition coefficient (Wildman–Crippen LogP) is 1.90. The van der Waals surface area contributed by atoms with Gasteiger partial charge in [0.1, 0.15) is 5.75 Å².